The third-order valence-corrected chi connectivity index (χ3v) is 3.52. The Morgan fingerprint density at radius 1 is 1.13 bits per heavy atom. The summed E-state index contributed by atoms with van der Waals surface area (Å²) in [5, 5.41) is 9.21. The lowest BCUT2D eigenvalue weighted by molar-refractivity contribution is -0.136. The Kier molecular flexibility index (Phi) is 3.85. The summed E-state index contributed by atoms with van der Waals surface area (Å²) in [7, 11) is 1.58. The second kappa shape index (κ2) is 5.96. The second-order valence-electron chi connectivity index (χ2n) is 5.10. The van der Waals surface area contributed by atoms with E-state index in [0.29, 0.717) is 22.3 Å². The monoisotopic (exact) mass is 310 g/mol. The van der Waals surface area contributed by atoms with Crippen molar-refractivity contribution >= 4 is 16.9 Å². The predicted octanol–water partition coefficient (Wildman–Crippen LogP) is 3.10. The van der Waals surface area contributed by atoms with E-state index in [4.69, 9.17) is 14.3 Å². The number of carboxylic acid groups (broad SMARTS) is 1. The third-order valence-electron chi connectivity index (χ3n) is 3.52. The first-order valence-electron chi connectivity index (χ1n) is 7.00. The van der Waals surface area contributed by atoms with Crippen molar-refractivity contribution in [3.05, 3.63) is 64.3 Å². The molecule has 0 radical (unpaired) electrons. The quantitative estimate of drug-likeness (QED) is 0.801. The Bertz CT molecular complexity index is 922. The molecule has 1 aromatic heterocycles. The van der Waals surface area contributed by atoms with Crippen LogP contribution in [0, 0.1) is 0 Å². The number of ether oxygens (including phenoxy) is 1. The lowest BCUT2D eigenvalue weighted by Gasteiger charge is -2.05. The molecule has 0 aliphatic heterocycles. The van der Waals surface area contributed by atoms with E-state index in [1.165, 1.54) is 6.07 Å². The number of carbonyl (C=O) groups is 1. The van der Waals surface area contributed by atoms with Crippen LogP contribution in [0.3, 0.4) is 0 Å². The third kappa shape index (κ3) is 3.08. The van der Waals surface area contributed by atoms with E-state index in [9.17, 15) is 9.59 Å². The van der Waals surface area contributed by atoms with Gasteiger partial charge in [0.2, 0.25) is 0 Å². The minimum Gasteiger partial charge on any atom is -0.497 e. The first-order valence-corrected chi connectivity index (χ1v) is 7.00. The van der Waals surface area contributed by atoms with Crippen molar-refractivity contribution in [3.63, 3.8) is 0 Å². The van der Waals surface area contributed by atoms with Crippen molar-refractivity contribution in [1.29, 1.82) is 0 Å². The van der Waals surface area contributed by atoms with E-state index < -0.39 is 5.97 Å². The van der Waals surface area contributed by atoms with Crippen LogP contribution in [0.4, 0.5) is 0 Å². The lowest BCUT2D eigenvalue weighted by atomic mass is 10.1. The smallest absolute Gasteiger partial charge is 0.307 e. The highest BCUT2D eigenvalue weighted by molar-refractivity contribution is 5.81. The Morgan fingerprint density at radius 3 is 2.52 bits per heavy atom. The highest BCUT2D eigenvalue weighted by Gasteiger charge is 2.09. The summed E-state index contributed by atoms with van der Waals surface area (Å²) in [6.07, 6.45) is -0.129. The molecule has 0 aliphatic carbocycles. The van der Waals surface area contributed by atoms with Gasteiger partial charge in [-0.3, -0.25) is 9.59 Å². The number of hydrogen-bond acceptors (Lipinski definition) is 4. The normalized spacial score (nSPS) is 10.7. The molecule has 0 bridgehead atoms. The van der Waals surface area contributed by atoms with Gasteiger partial charge in [-0.1, -0.05) is 6.07 Å². The van der Waals surface area contributed by atoms with Crippen molar-refractivity contribution in [2.75, 3.05) is 7.11 Å². The molecular weight excluding hydrogens is 296 g/mol. The SMILES string of the molecule is COc1ccc(-c2cc(=O)c3cc(CC(=O)O)ccc3o2)cc1. The van der Waals surface area contributed by atoms with Crippen LogP contribution >= 0.6 is 0 Å². The second-order valence-corrected chi connectivity index (χ2v) is 5.10. The van der Waals surface area contributed by atoms with Crippen molar-refractivity contribution < 1.29 is 19.1 Å². The molecule has 0 saturated heterocycles. The molecule has 5 nitrogen and oxygen atoms in total. The average molecular weight is 310 g/mol. The number of methoxy groups -OCH3 is 1. The highest BCUT2D eigenvalue weighted by atomic mass is 16.5. The van der Waals surface area contributed by atoms with E-state index >= 15 is 0 Å². The van der Waals surface area contributed by atoms with Gasteiger partial charge in [0.05, 0.1) is 18.9 Å². The number of fused-ring (bicyclic) bond motifs is 1. The van der Waals surface area contributed by atoms with Crippen LogP contribution in [-0.2, 0) is 11.2 Å². The van der Waals surface area contributed by atoms with Gasteiger partial charge in [0.25, 0.3) is 0 Å². The van der Waals surface area contributed by atoms with Crippen LogP contribution in [-0.4, -0.2) is 18.2 Å². The van der Waals surface area contributed by atoms with Gasteiger partial charge >= 0.3 is 5.97 Å². The summed E-state index contributed by atoms with van der Waals surface area (Å²) in [6.45, 7) is 0. The molecular formula is C18H14O5. The van der Waals surface area contributed by atoms with E-state index in [2.05, 4.69) is 0 Å². The highest BCUT2D eigenvalue weighted by Crippen LogP contribution is 2.24. The van der Waals surface area contributed by atoms with Crippen LogP contribution in [0.1, 0.15) is 5.56 Å². The zero-order chi connectivity index (χ0) is 16.4. The fourth-order valence-corrected chi connectivity index (χ4v) is 2.39. The zero-order valence-corrected chi connectivity index (χ0v) is 12.4. The topological polar surface area (TPSA) is 76.7 Å². The fraction of sp³-hybridized carbons (Fsp3) is 0.111. The molecule has 0 spiro atoms. The molecule has 1 heterocycles. The first-order chi connectivity index (χ1) is 11.1. The summed E-state index contributed by atoms with van der Waals surface area (Å²) >= 11 is 0. The van der Waals surface area contributed by atoms with Crippen molar-refractivity contribution in [2.45, 2.75) is 6.42 Å². The van der Waals surface area contributed by atoms with Crippen LogP contribution in [0.2, 0.25) is 0 Å². The van der Waals surface area contributed by atoms with Gasteiger partial charge in [-0.15, -0.1) is 0 Å². The summed E-state index contributed by atoms with van der Waals surface area (Å²) in [5.41, 5.74) is 1.55. The molecule has 5 heteroatoms. The Balaban J connectivity index is 2.07. The number of hydrogen-bond donors (Lipinski definition) is 1. The van der Waals surface area contributed by atoms with Crippen LogP contribution in [0.5, 0.6) is 5.75 Å². The average Bonchev–Trinajstić information content (AvgIpc) is 2.55. The van der Waals surface area contributed by atoms with E-state index in [-0.39, 0.29) is 11.8 Å². The van der Waals surface area contributed by atoms with Gasteiger partial charge in [-0.25, -0.2) is 0 Å². The van der Waals surface area contributed by atoms with Crippen molar-refractivity contribution in [3.8, 4) is 17.1 Å². The maximum atomic E-state index is 12.3. The van der Waals surface area contributed by atoms with Crippen LogP contribution in [0.25, 0.3) is 22.3 Å². The number of aliphatic carboxylic acids is 1. The first kappa shape index (κ1) is 14.8. The van der Waals surface area contributed by atoms with Crippen LogP contribution < -0.4 is 10.2 Å². The zero-order valence-electron chi connectivity index (χ0n) is 12.4. The summed E-state index contributed by atoms with van der Waals surface area (Å²) < 4.78 is 10.9. The van der Waals surface area contributed by atoms with E-state index in [0.717, 1.165) is 11.3 Å². The van der Waals surface area contributed by atoms with Crippen molar-refractivity contribution in [1.82, 2.24) is 0 Å². The van der Waals surface area contributed by atoms with Gasteiger partial charge in [-0.2, -0.15) is 0 Å². The van der Waals surface area contributed by atoms with Crippen molar-refractivity contribution in [2.24, 2.45) is 0 Å². The molecule has 0 amide bonds. The standard InChI is InChI=1S/C18H14O5/c1-22-13-5-3-12(4-6-13)17-10-15(19)14-8-11(9-18(20)21)2-7-16(14)23-17/h2-8,10H,9H2,1H3,(H,20,21). The molecule has 2 aromatic carbocycles. The van der Waals surface area contributed by atoms with Gasteiger partial charge in [-0.05, 0) is 42.0 Å². The Labute approximate surface area is 131 Å². The van der Waals surface area contributed by atoms with Gasteiger partial charge in [0, 0.05) is 11.6 Å². The number of carboxylic acids is 1. The maximum absolute atomic E-state index is 12.3. The molecule has 3 aromatic rings. The summed E-state index contributed by atoms with van der Waals surface area (Å²) in [4.78, 5) is 23.1. The Hall–Kier alpha value is -3.08. The largest absolute Gasteiger partial charge is 0.497 e. The van der Waals surface area contributed by atoms with Gasteiger partial charge in [0.15, 0.2) is 5.43 Å². The summed E-state index contributed by atoms with van der Waals surface area (Å²) in [6, 6.07) is 13.4. The molecule has 0 aliphatic rings. The van der Waals surface area contributed by atoms with Gasteiger partial charge in [0.1, 0.15) is 17.1 Å². The number of benzene rings is 2. The lowest BCUT2D eigenvalue weighted by Crippen LogP contribution is -2.04. The summed E-state index contributed by atoms with van der Waals surface area (Å²) in [5.74, 6) is 0.231. The number of rotatable bonds is 4. The van der Waals surface area contributed by atoms with E-state index in [1.807, 2.05) is 12.1 Å². The van der Waals surface area contributed by atoms with Crippen LogP contribution in [0.15, 0.2) is 57.7 Å². The predicted molar refractivity (Wildman–Crippen MR) is 85.8 cm³/mol. The molecule has 23 heavy (non-hydrogen) atoms. The molecule has 0 unspecified atom stereocenters. The maximum Gasteiger partial charge on any atom is 0.307 e. The van der Waals surface area contributed by atoms with Gasteiger partial charge < -0.3 is 14.3 Å². The molecule has 116 valence electrons. The minimum absolute atomic E-state index is 0.129. The Morgan fingerprint density at radius 2 is 1.87 bits per heavy atom. The molecule has 3 rings (SSSR count). The fourth-order valence-electron chi connectivity index (χ4n) is 2.39. The molecule has 0 fully saturated rings. The molecule has 1 N–H and O–H groups in total. The minimum atomic E-state index is -0.941. The molecule has 0 saturated carbocycles. The molecule has 0 atom stereocenters. The van der Waals surface area contributed by atoms with E-state index in [1.54, 1.807) is 37.4 Å².